The van der Waals surface area contributed by atoms with Gasteiger partial charge < -0.3 is 14.6 Å². The van der Waals surface area contributed by atoms with Crippen molar-refractivity contribution in [2.75, 3.05) is 13.7 Å². The molecule has 1 amide bonds. The molecule has 0 spiro atoms. The first-order valence-electron chi connectivity index (χ1n) is 7.05. The molecule has 1 aromatic rings. The molecular formula is C15H20N2O4. The number of hydrogen-bond acceptors (Lipinski definition) is 4. The summed E-state index contributed by atoms with van der Waals surface area (Å²) in [6.07, 6.45) is 2.26. The number of aryl methyl sites for hydroxylation is 2. The van der Waals surface area contributed by atoms with Crippen LogP contribution in [0.15, 0.2) is 10.9 Å². The van der Waals surface area contributed by atoms with Gasteiger partial charge in [0.15, 0.2) is 0 Å². The first-order chi connectivity index (χ1) is 9.95. The molecule has 0 aliphatic carbocycles. The van der Waals surface area contributed by atoms with Crippen LogP contribution in [0.3, 0.4) is 0 Å². The van der Waals surface area contributed by atoms with Gasteiger partial charge in [0.1, 0.15) is 11.6 Å². The van der Waals surface area contributed by atoms with Crippen LogP contribution in [0.5, 0.6) is 0 Å². The zero-order valence-electron chi connectivity index (χ0n) is 12.6. The molecule has 2 heterocycles. The minimum Gasteiger partial charge on any atom is -0.467 e. The number of carbonyl (C=O) groups is 2. The van der Waals surface area contributed by atoms with Gasteiger partial charge in [-0.15, -0.1) is 0 Å². The molecule has 21 heavy (non-hydrogen) atoms. The number of piperidine rings is 1. The van der Waals surface area contributed by atoms with Crippen LogP contribution in [0.4, 0.5) is 0 Å². The molecule has 114 valence electrons. The van der Waals surface area contributed by atoms with Crippen molar-refractivity contribution in [3.8, 4) is 0 Å². The molecular weight excluding hydrogens is 272 g/mol. The number of hydrogen-bond donors (Lipinski definition) is 1. The molecule has 0 radical (unpaired) electrons. The van der Waals surface area contributed by atoms with Gasteiger partial charge in [0.05, 0.1) is 7.11 Å². The molecule has 0 saturated carbocycles. The predicted molar refractivity (Wildman–Crippen MR) is 77.2 cm³/mol. The number of methoxy groups -OCH3 is 1. The highest BCUT2D eigenvalue weighted by atomic mass is 16.5. The molecule has 1 aromatic heterocycles. The lowest BCUT2D eigenvalue weighted by Gasteiger charge is -2.33. The van der Waals surface area contributed by atoms with Crippen molar-refractivity contribution < 1.29 is 14.3 Å². The Morgan fingerprint density at radius 2 is 2.05 bits per heavy atom. The van der Waals surface area contributed by atoms with Gasteiger partial charge in [0.2, 0.25) is 0 Å². The molecule has 6 nitrogen and oxygen atoms in total. The zero-order valence-corrected chi connectivity index (χ0v) is 12.6. The maximum Gasteiger partial charge on any atom is 0.328 e. The Morgan fingerprint density at radius 3 is 2.67 bits per heavy atom. The number of amides is 1. The van der Waals surface area contributed by atoms with Gasteiger partial charge in [-0.05, 0) is 44.7 Å². The summed E-state index contributed by atoms with van der Waals surface area (Å²) in [5.41, 5.74) is 1.02. The number of aromatic amines is 1. The number of nitrogens with one attached hydrogen (secondary N) is 1. The van der Waals surface area contributed by atoms with Gasteiger partial charge >= 0.3 is 5.97 Å². The van der Waals surface area contributed by atoms with Gasteiger partial charge in [-0.1, -0.05) is 0 Å². The number of esters is 1. The summed E-state index contributed by atoms with van der Waals surface area (Å²) in [4.78, 5) is 40.7. The van der Waals surface area contributed by atoms with Gasteiger partial charge in [0, 0.05) is 12.2 Å². The van der Waals surface area contributed by atoms with E-state index < -0.39 is 23.5 Å². The highest BCUT2D eigenvalue weighted by Crippen LogP contribution is 2.20. The van der Waals surface area contributed by atoms with E-state index in [9.17, 15) is 14.4 Å². The third-order valence-electron chi connectivity index (χ3n) is 3.82. The molecule has 1 aliphatic heterocycles. The van der Waals surface area contributed by atoms with E-state index >= 15 is 0 Å². The van der Waals surface area contributed by atoms with Crippen molar-refractivity contribution >= 4 is 11.9 Å². The van der Waals surface area contributed by atoms with Crippen LogP contribution < -0.4 is 5.56 Å². The minimum atomic E-state index is -0.601. The van der Waals surface area contributed by atoms with Crippen LogP contribution >= 0.6 is 0 Å². The normalized spacial score (nSPS) is 18.4. The maximum atomic E-state index is 12.7. The van der Waals surface area contributed by atoms with Gasteiger partial charge in [-0.3, -0.25) is 9.59 Å². The first-order valence-corrected chi connectivity index (χ1v) is 7.05. The number of rotatable bonds is 2. The third kappa shape index (κ3) is 2.99. The fraction of sp³-hybridized carbons (Fsp3) is 0.533. The SMILES string of the molecule is COC(=O)C1CCCCN1C(=O)c1c(C)cc(C)[nH]c1=O. The van der Waals surface area contributed by atoms with Crippen molar-refractivity contribution in [2.24, 2.45) is 0 Å². The van der Waals surface area contributed by atoms with Gasteiger partial charge in [-0.25, -0.2) is 4.79 Å². The molecule has 1 saturated heterocycles. The summed E-state index contributed by atoms with van der Waals surface area (Å²) in [6, 6.07) is 1.16. The Hall–Kier alpha value is -2.11. The lowest BCUT2D eigenvalue weighted by molar-refractivity contribution is -0.147. The van der Waals surface area contributed by atoms with Gasteiger partial charge in [-0.2, -0.15) is 0 Å². The van der Waals surface area contributed by atoms with Crippen molar-refractivity contribution in [3.05, 3.63) is 33.2 Å². The Balaban J connectivity index is 2.38. The van der Waals surface area contributed by atoms with Crippen molar-refractivity contribution in [3.63, 3.8) is 0 Å². The summed E-state index contributed by atoms with van der Waals surface area (Å²) in [5, 5.41) is 0. The molecule has 6 heteroatoms. The third-order valence-corrected chi connectivity index (χ3v) is 3.82. The lowest BCUT2D eigenvalue weighted by atomic mass is 10.00. The molecule has 1 unspecified atom stereocenters. The van der Waals surface area contributed by atoms with Crippen LogP contribution in [0.2, 0.25) is 0 Å². The topological polar surface area (TPSA) is 79.5 Å². The van der Waals surface area contributed by atoms with Crippen molar-refractivity contribution in [2.45, 2.75) is 39.2 Å². The summed E-state index contributed by atoms with van der Waals surface area (Å²) in [6.45, 7) is 3.96. The van der Waals surface area contributed by atoms with E-state index in [2.05, 4.69) is 4.98 Å². The maximum absolute atomic E-state index is 12.7. The molecule has 1 N–H and O–H groups in total. The van der Waals surface area contributed by atoms with Crippen LogP contribution in [0, 0.1) is 13.8 Å². The summed E-state index contributed by atoms with van der Waals surface area (Å²) in [7, 11) is 1.31. The van der Waals surface area contributed by atoms with E-state index in [0.29, 0.717) is 24.2 Å². The smallest absolute Gasteiger partial charge is 0.328 e. The second-order valence-corrected chi connectivity index (χ2v) is 5.37. The standard InChI is InChI=1S/C15H20N2O4/c1-9-8-10(2)16-13(18)12(9)14(19)17-7-5-4-6-11(17)15(20)21-3/h8,11H,4-7H2,1-3H3,(H,16,18). The molecule has 1 fully saturated rings. The highest BCUT2D eigenvalue weighted by Gasteiger charge is 2.34. The van der Waals surface area contributed by atoms with E-state index in [1.165, 1.54) is 12.0 Å². The summed E-state index contributed by atoms with van der Waals surface area (Å²) < 4.78 is 4.77. The van der Waals surface area contributed by atoms with E-state index in [0.717, 1.165) is 12.8 Å². The molecule has 0 aromatic carbocycles. The number of ether oxygens (including phenoxy) is 1. The van der Waals surface area contributed by atoms with E-state index in [-0.39, 0.29) is 5.56 Å². The largest absolute Gasteiger partial charge is 0.467 e. The number of pyridine rings is 1. The number of aromatic nitrogens is 1. The number of nitrogens with zero attached hydrogens (tertiary/aromatic N) is 1. The van der Waals surface area contributed by atoms with Crippen LogP contribution in [-0.4, -0.2) is 41.5 Å². The fourth-order valence-electron chi connectivity index (χ4n) is 2.82. The number of likely N-dealkylation sites (tertiary alicyclic amines) is 1. The highest BCUT2D eigenvalue weighted by molar-refractivity contribution is 5.97. The van der Waals surface area contributed by atoms with E-state index in [1.54, 1.807) is 19.9 Å². The number of carbonyl (C=O) groups excluding carboxylic acids is 2. The Labute approximate surface area is 123 Å². The quantitative estimate of drug-likeness (QED) is 0.830. The van der Waals surface area contributed by atoms with Gasteiger partial charge in [0.25, 0.3) is 11.5 Å². The monoisotopic (exact) mass is 292 g/mol. The molecule has 2 rings (SSSR count). The Bertz CT molecular complexity index is 621. The number of H-pyrrole nitrogens is 1. The van der Waals surface area contributed by atoms with Crippen molar-refractivity contribution in [1.29, 1.82) is 0 Å². The van der Waals surface area contributed by atoms with Crippen molar-refractivity contribution in [1.82, 2.24) is 9.88 Å². The molecule has 0 bridgehead atoms. The average molecular weight is 292 g/mol. The van der Waals surface area contributed by atoms with Crippen LogP contribution in [0.25, 0.3) is 0 Å². The van der Waals surface area contributed by atoms with Crippen LogP contribution in [0.1, 0.15) is 40.9 Å². The van der Waals surface area contributed by atoms with E-state index in [4.69, 9.17) is 4.74 Å². The average Bonchev–Trinajstić information content (AvgIpc) is 2.45. The summed E-state index contributed by atoms with van der Waals surface area (Å²) in [5.74, 6) is -0.826. The minimum absolute atomic E-state index is 0.108. The predicted octanol–water partition coefficient (Wildman–Crippen LogP) is 1.16. The molecule has 1 atom stereocenters. The zero-order chi connectivity index (χ0) is 15.6. The first kappa shape index (κ1) is 15.3. The Morgan fingerprint density at radius 1 is 1.33 bits per heavy atom. The Kier molecular flexibility index (Phi) is 4.45. The summed E-state index contributed by atoms with van der Waals surface area (Å²) >= 11 is 0. The second-order valence-electron chi connectivity index (χ2n) is 5.37. The fourth-order valence-corrected chi connectivity index (χ4v) is 2.82. The molecule has 1 aliphatic rings. The van der Waals surface area contributed by atoms with Crippen LogP contribution in [-0.2, 0) is 9.53 Å². The second kappa shape index (κ2) is 6.11. The van der Waals surface area contributed by atoms with E-state index in [1.807, 2.05) is 0 Å². The lowest BCUT2D eigenvalue weighted by Crippen LogP contribution is -2.49.